The van der Waals surface area contributed by atoms with E-state index in [-0.39, 0.29) is 27.6 Å². The van der Waals surface area contributed by atoms with E-state index in [1.807, 2.05) is 0 Å². The standard InChI is InChI=1S/C18H17ClF3NO3/c1-10-7-12(8-11(2)15(10)24)17(16(25)26-3,18(20,21)22)23-14-6-4-5-13(19)9-14/h4-9,23-24H,1-3H3/t17-/m0/s1. The number of aryl methyl sites for hydroxylation is 2. The fourth-order valence-electron chi connectivity index (χ4n) is 2.70. The summed E-state index contributed by atoms with van der Waals surface area (Å²) in [5.74, 6) is -1.67. The Morgan fingerprint density at radius 2 is 1.73 bits per heavy atom. The molecule has 2 aromatic carbocycles. The van der Waals surface area contributed by atoms with Crippen molar-refractivity contribution < 1.29 is 27.8 Å². The number of carbonyl (C=O) groups is 1. The minimum atomic E-state index is -5.04. The minimum Gasteiger partial charge on any atom is -0.507 e. The van der Waals surface area contributed by atoms with E-state index in [9.17, 15) is 23.1 Å². The van der Waals surface area contributed by atoms with Crippen molar-refractivity contribution in [2.45, 2.75) is 25.6 Å². The molecule has 0 radical (unpaired) electrons. The number of halogens is 4. The number of nitrogens with one attached hydrogen (secondary N) is 1. The molecular weight excluding hydrogens is 371 g/mol. The largest absolute Gasteiger partial charge is 0.507 e. The van der Waals surface area contributed by atoms with Gasteiger partial charge in [-0.3, -0.25) is 0 Å². The van der Waals surface area contributed by atoms with Gasteiger partial charge < -0.3 is 15.2 Å². The van der Waals surface area contributed by atoms with Crippen LogP contribution in [0.15, 0.2) is 36.4 Å². The van der Waals surface area contributed by atoms with E-state index in [0.29, 0.717) is 0 Å². The molecule has 2 N–H and O–H groups in total. The van der Waals surface area contributed by atoms with Gasteiger partial charge in [-0.25, -0.2) is 4.79 Å². The van der Waals surface area contributed by atoms with Crippen LogP contribution >= 0.6 is 11.6 Å². The predicted octanol–water partition coefficient (Wildman–Crippen LogP) is 4.71. The molecule has 2 aromatic rings. The number of phenols is 1. The van der Waals surface area contributed by atoms with Crippen LogP contribution in [0.3, 0.4) is 0 Å². The average Bonchev–Trinajstić information content (AvgIpc) is 2.55. The molecule has 1 atom stereocenters. The highest BCUT2D eigenvalue weighted by Crippen LogP contribution is 2.44. The second-order valence-corrected chi connectivity index (χ2v) is 6.27. The summed E-state index contributed by atoms with van der Waals surface area (Å²) in [6.07, 6.45) is -5.04. The zero-order chi connectivity index (χ0) is 19.7. The lowest BCUT2D eigenvalue weighted by Crippen LogP contribution is -2.55. The molecule has 0 aliphatic heterocycles. The molecule has 140 valence electrons. The van der Waals surface area contributed by atoms with E-state index in [2.05, 4.69) is 10.1 Å². The number of alkyl halides is 3. The quantitative estimate of drug-likeness (QED) is 0.746. The SMILES string of the molecule is COC(=O)[C@@](Nc1cccc(Cl)c1)(c1cc(C)c(O)c(C)c1)C(F)(F)F. The van der Waals surface area contributed by atoms with E-state index in [1.165, 1.54) is 38.1 Å². The lowest BCUT2D eigenvalue weighted by Gasteiger charge is -2.35. The lowest BCUT2D eigenvalue weighted by molar-refractivity contribution is -0.201. The highest BCUT2D eigenvalue weighted by Gasteiger charge is 2.63. The van der Waals surface area contributed by atoms with E-state index in [4.69, 9.17) is 11.6 Å². The van der Waals surface area contributed by atoms with Crippen LogP contribution in [0, 0.1) is 13.8 Å². The third-order valence-corrected chi connectivity index (χ3v) is 4.23. The van der Waals surface area contributed by atoms with Gasteiger partial charge in [0.1, 0.15) is 5.75 Å². The Hall–Kier alpha value is -2.41. The Balaban J connectivity index is 2.78. The van der Waals surface area contributed by atoms with Gasteiger partial charge in [-0.2, -0.15) is 13.2 Å². The minimum absolute atomic E-state index is 0.0105. The summed E-state index contributed by atoms with van der Waals surface area (Å²) in [5, 5.41) is 12.3. The van der Waals surface area contributed by atoms with Gasteiger partial charge in [0.2, 0.25) is 0 Å². The van der Waals surface area contributed by atoms with Crippen molar-refractivity contribution in [2.24, 2.45) is 0 Å². The lowest BCUT2D eigenvalue weighted by atomic mass is 9.86. The number of phenolic OH excluding ortho intramolecular Hbond substituents is 1. The zero-order valence-corrected chi connectivity index (χ0v) is 15.0. The average molecular weight is 388 g/mol. The molecule has 8 heteroatoms. The fraction of sp³-hybridized carbons (Fsp3) is 0.278. The molecule has 2 rings (SSSR count). The van der Waals surface area contributed by atoms with Crippen LogP contribution in [0.1, 0.15) is 16.7 Å². The molecule has 0 aliphatic carbocycles. The number of esters is 1. The van der Waals surface area contributed by atoms with Crippen molar-refractivity contribution >= 4 is 23.3 Å². The number of rotatable bonds is 4. The topological polar surface area (TPSA) is 58.6 Å². The van der Waals surface area contributed by atoms with Crippen LogP contribution in [0.5, 0.6) is 5.75 Å². The number of carbonyl (C=O) groups excluding carboxylic acids is 1. The third kappa shape index (κ3) is 3.44. The van der Waals surface area contributed by atoms with E-state index >= 15 is 0 Å². The van der Waals surface area contributed by atoms with E-state index < -0.39 is 23.2 Å². The summed E-state index contributed by atoms with van der Waals surface area (Å²) >= 11 is 5.85. The van der Waals surface area contributed by atoms with Crippen LogP contribution < -0.4 is 5.32 Å². The maximum Gasteiger partial charge on any atom is 0.426 e. The highest BCUT2D eigenvalue weighted by atomic mass is 35.5. The van der Waals surface area contributed by atoms with Crippen LogP contribution in [-0.2, 0) is 15.1 Å². The number of ether oxygens (including phenoxy) is 1. The van der Waals surface area contributed by atoms with Gasteiger partial charge in [0.05, 0.1) is 7.11 Å². The molecule has 0 spiro atoms. The van der Waals surface area contributed by atoms with Crippen LogP contribution in [-0.4, -0.2) is 24.4 Å². The summed E-state index contributed by atoms with van der Waals surface area (Å²) in [5.41, 5.74) is -3.18. The van der Waals surface area contributed by atoms with E-state index in [1.54, 1.807) is 0 Å². The fourth-order valence-corrected chi connectivity index (χ4v) is 2.89. The molecule has 26 heavy (non-hydrogen) atoms. The molecule has 0 saturated heterocycles. The smallest absolute Gasteiger partial charge is 0.426 e. The van der Waals surface area contributed by atoms with Crippen molar-refractivity contribution in [3.05, 3.63) is 58.1 Å². The van der Waals surface area contributed by atoms with Crippen molar-refractivity contribution in [1.29, 1.82) is 0 Å². The van der Waals surface area contributed by atoms with Crippen molar-refractivity contribution in [3.8, 4) is 5.75 Å². The Kier molecular flexibility index (Phi) is 5.41. The van der Waals surface area contributed by atoms with E-state index in [0.717, 1.165) is 19.2 Å². The Morgan fingerprint density at radius 1 is 1.15 bits per heavy atom. The van der Waals surface area contributed by atoms with Gasteiger partial charge >= 0.3 is 12.1 Å². The molecule has 0 aliphatic rings. The maximum atomic E-state index is 14.2. The first kappa shape index (κ1) is 19.9. The van der Waals surface area contributed by atoms with Gasteiger partial charge in [0, 0.05) is 10.7 Å². The maximum absolute atomic E-state index is 14.2. The first-order valence-electron chi connectivity index (χ1n) is 7.52. The van der Waals surface area contributed by atoms with Gasteiger partial charge in [-0.1, -0.05) is 17.7 Å². The van der Waals surface area contributed by atoms with Crippen LogP contribution in [0.25, 0.3) is 0 Å². The van der Waals surface area contributed by atoms with Crippen LogP contribution in [0.4, 0.5) is 18.9 Å². The molecule has 0 amide bonds. The van der Waals surface area contributed by atoms with Crippen LogP contribution in [0.2, 0.25) is 5.02 Å². The molecule has 0 aromatic heterocycles. The summed E-state index contributed by atoms with van der Waals surface area (Å²) in [6.45, 7) is 2.90. The number of hydrogen-bond donors (Lipinski definition) is 2. The summed E-state index contributed by atoms with van der Waals surface area (Å²) in [7, 11) is 0.878. The second-order valence-electron chi connectivity index (χ2n) is 5.83. The highest BCUT2D eigenvalue weighted by molar-refractivity contribution is 6.30. The zero-order valence-electron chi connectivity index (χ0n) is 14.2. The molecule has 0 fully saturated rings. The van der Waals surface area contributed by atoms with Crippen molar-refractivity contribution in [1.82, 2.24) is 0 Å². The second kappa shape index (κ2) is 7.07. The summed E-state index contributed by atoms with van der Waals surface area (Å²) in [4.78, 5) is 12.4. The molecule has 4 nitrogen and oxygen atoms in total. The Labute approximate surface area is 153 Å². The monoisotopic (exact) mass is 387 g/mol. The molecule has 0 heterocycles. The number of methoxy groups -OCH3 is 1. The number of benzene rings is 2. The predicted molar refractivity (Wildman–Crippen MR) is 92.4 cm³/mol. The number of aromatic hydroxyl groups is 1. The van der Waals surface area contributed by atoms with Gasteiger partial charge in [-0.05, 0) is 60.9 Å². The molecular formula is C18H17ClF3NO3. The molecule has 0 saturated carbocycles. The molecule has 0 unspecified atom stereocenters. The van der Waals surface area contributed by atoms with Crippen molar-refractivity contribution in [2.75, 3.05) is 12.4 Å². The summed E-state index contributed by atoms with van der Waals surface area (Å²) < 4.78 is 47.1. The number of hydrogen-bond acceptors (Lipinski definition) is 4. The third-order valence-electron chi connectivity index (χ3n) is 4.00. The normalized spacial score (nSPS) is 13.8. The Morgan fingerprint density at radius 3 is 2.19 bits per heavy atom. The number of anilines is 1. The molecule has 0 bridgehead atoms. The Bertz CT molecular complexity index is 816. The summed E-state index contributed by atoms with van der Waals surface area (Å²) in [6, 6.07) is 7.78. The van der Waals surface area contributed by atoms with Gasteiger partial charge in [-0.15, -0.1) is 0 Å². The first-order valence-corrected chi connectivity index (χ1v) is 7.90. The van der Waals surface area contributed by atoms with Gasteiger partial charge in [0.15, 0.2) is 0 Å². The van der Waals surface area contributed by atoms with Crippen molar-refractivity contribution in [3.63, 3.8) is 0 Å². The first-order chi connectivity index (χ1) is 12.0. The van der Waals surface area contributed by atoms with Gasteiger partial charge in [0.25, 0.3) is 5.54 Å².